The molecular weight excluding hydrogens is 228 g/mol. The van der Waals surface area contributed by atoms with Gasteiger partial charge in [-0.1, -0.05) is 6.92 Å². The number of piperidine rings is 1. The Labute approximate surface area is 108 Å². The fourth-order valence-electron chi connectivity index (χ4n) is 3.36. The highest BCUT2D eigenvalue weighted by Gasteiger charge is 2.55. The zero-order valence-electron chi connectivity index (χ0n) is 10.6. The van der Waals surface area contributed by atoms with Crippen LogP contribution in [-0.2, 0) is 6.54 Å². The molecule has 1 aliphatic heterocycles. The van der Waals surface area contributed by atoms with E-state index in [1.807, 2.05) is 11.3 Å². The van der Waals surface area contributed by atoms with Gasteiger partial charge >= 0.3 is 0 Å². The molecular formula is C14H22N2S. The van der Waals surface area contributed by atoms with E-state index < -0.39 is 0 Å². The fraction of sp³-hybridized carbons (Fsp3) is 0.714. The molecule has 1 aliphatic carbocycles. The average Bonchev–Trinajstić information content (AvgIpc) is 2.82. The first-order valence-electron chi connectivity index (χ1n) is 6.80. The Hall–Kier alpha value is -0.380. The van der Waals surface area contributed by atoms with Gasteiger partial charge in [0.05, 0.1) is 0 Å². The van der Waals surface area contributed by atoms with Crippen molar-refractivity contribution in [3.05, 3.63) is 22.4 Å². The molecule has 94 valence electrons. The summed E-state index contributed by atoms with van der Waals surface area (Å²) in [6.45, 7) is 7.11. The second-order valence-electron chi connectivity index (χ2n) is 5.53. The van der Waals surface area contributed by atoms with Crippen LogP contribution in [0.15, 0.2) is 16.8 Å². The van der Waals surface area contributed by atoms with E-state index in [1.54, 1.807) is 0 Å². The van der Waals surface area contributed by atoms with Crippen LogP contribution in [0.4, 0.5) is 0 Å². The standard InChI is InChI=1S/C14H22N2S/c1-2-16(10-12-3-8-17-11-12)13-9-14(13)4-6-15-7-5-14/h3,8,11,13,15H,2,4-7,9-10H2,1H3. The van der Waals surface area contributed by atoms with Crippen LogP contribution < -0.4 is 5.32 Å². The van der Waals surface area contributed by atoms with Gasteiger partial charge in [0.15, 0.2) is 0 Å². The fourth-order valence-corrected chi connectivity index (χ4v) is 4.02. The molecule has 2 heterocycles. The lowest BCUT2D eigenvalue weighted by Crippen LogP contribution is -2.35. The van der Waals surface area contributed by atoms with Gasteiger partial charge in [-0.2, -0.15) is 11.3 Å². The van der Waals surface area contributed by atoms with Gasteiger partial charge in [0.2, 0.25) is 0 Å². The molecule has 1 N–H and O–H groups in total. The first-order chi connectivity index (χ1) is 8.34. The highest BCUT2D eigenvalue weighted by Crippen LogP contribution is 2.55. The van der Waals surface area contributed by atoms with Gasteiger partial charge in [0.25, 0.3) is 0 Å². The summed E-state index contributed by atoms with van der Waals surface area (Å²) < 4.78 is 0. The quantitative estimate of drug-likeness (QED) is 0.884. The highest BCUT2D eigenvalue weighted by molar-refractivity contribution is 7.07. The summed E-state index contributed by atoms with van der Waals surface area (Å²) in [5.41, 5.74) is 2.17. The van der Waals surface area contributed by atoms with E-state index in [1.165, 1.54) is 44.5 Å². The number of nitrogens with one attached hydrogen (secondary N) is 1. The van der Waals surface area contributed by atoms with Crippen LogP contribution in [0, 0.1) is 5.41 Å². The van der Waals surface area contributed by atoms with E-state index in [0.29, 0.717) is 5.41 Å². The monoisotopic (exact) mass is 250 g/mol. The predicted octanol–water partition coefficient (Wildman–Crippen LogP) is 2.71. The van der Waals surface area contributed by atoms with Crippen molar-refractivity contribution >= 4 is 11.3 Å². The minimum Gasteiger partial charge on any atom is -0.317 e. The Morgan fingerprint density at radius 2 is 2.29 bits per heavy atom. The van der Waals surface area contributed by atoms with E-state index in [2.05, 4.69) is 34.0 Å². The molecule has 2 aliphatic rings. The van der Waals surface area contributed by atoms with Gasteiger partial charge in [0, 0.05) is 12.6 Å². The van der Waals surface area contributed by atoms with Gasteiger partial charge in [-0.25, -0.2) is 0 Å². The van der Waals surface area contributed by atoms with Crippen molar-refractivity contribution < 1.29 is 0 Å². The molecule has 1 aromatic heterocycles. The topological polar surface area (TPSA) is 15.3 Å². The number of hydrogen-bond acceptors (Lipinski definition) is 3. The molecule has 1 spiro atoms. The molecule has 0 bridgehead atoms. The average molecular weight is 250 g/mol. The molecule has 1 aromatic rings. The number of thiophene rings is 1. The van der Waals surface area contributed by atoms with Crippen molar-refractivity contribution in [2.24, 2.45) is 5.41 Å². The Morgan fingerprint density at radius 3 is 2.94 bits per heavy atom. The van der Waals surface area contributed by atoms with Crippen molar-refractivity contribution in [3.63, 3.8) is 0 Å². The van der Waals surface area contributed by atoms with E-state index >= 15 is 0 Å². The molecule has 3 heteroatoms. The smallest absolute Gasteiger partial charge is 0.0245 e. The summed E-state index contributed by atoms with van der Waals surface area (Å²) in [5, 5.41) is 7.97. The van der Waals surface area contributed by atoms with E-state index in [-0.39, 0.29) is 0 Å². The molecule has 1 unspecified atom stereocenters. The van der Waals surface area contributed by atoms with Gasteiger partial charge in [0.1, 0.15) is 0 Å². The Balaban J connectivity index is 1.63. The third kappa shape index (κ3) is 2.28. The normalized spacial score (nSPS) is 26.6. The molecule has 0 aromatic carbocycles. The summed E-state index contributed by atoms with van der Waals surface area (Å²) in [6.07, 6.45) is 4.21. The van der Waals surface area contributed by atoms with Crippen LogP contribution in [-0.4, -0.2) is 30.6 Å². The zero-order valence-corrected chi connectivity index (χ0v) is 11.4. The maximum Gasteiger partial charge on any atom is 0.0245 e. The minimum atomic E-state index is 0.678. The summed E-state index contributed by atoms with van der Waals surface area (Å²) in [4.78, 5) is 2.69. The maximum absolute atomic E-state index is 3.49. The summed E-state index contributed by atoms with van der Waals surface area (Å²) in [5.74, 6) is 0. The molecule has 0 amide bonds. The van der Waals surface area contributed by atoms with E-state index in [0.717, 1.165) is 12.6 Å². The second-order valence-corrected chi connectivity index (χ2v) is 6.31. The van der Waals surface area contributed by atoms with Crippen LogP contribution in [0.1, 0.15) is 31.7 Å². The molecule has 3 rings (SSSR count). The molecule has 2 fully saturated rings. The summed E-state index contributed by atoms with van der Waals surface area (Å²) in [7, 11) is 0. The second kappa shape index (κ2) is 4.71. The van der Waals surface area contributed by atoms with Crippen LogP contribution in [0.25, 0.3) is 0 Å². The van der Waals surface area contributed by atoms with Gasteiger partial charge in [-0.3, -0.25) is 4.90 Å². The number of rotatable bonds is 4. The van der Waals surface area contributed by atoms with Crippen molar-refractivity contribution in [1.82, 2.24) is 10.2 Å². The summed E-state index contributed by atoms with van der Waals surface area (Å²) >= 11 is 1.81. The zero-order chi connectivity index (χ0) is 11.7. The lowest BCUT2D eigenvalue weighted by molar-refractivity contribution is 0.204. The SMILES string of the molecule is CCN(Cc1ccsc1)C1CC12CCNCC2. The lowest BCUT2D eigenvalue weighted by atomic mass is 9.93. The third-order valence-electron chi connectivity index (χ3n) is 4.56. The van der Waals surface area contributed by atoms with E-state index in [4.69, 9.17) is 0 Å². The van der Waals surface area contributed by atoms with Crippen LogP contribution >= 0.6 is 11.3 Å². The Kier molecular flexibility index (Phi) is 3.24. The lowest BCUT2D eigenvalue weighted by Gasteiger charge is -2.28. The Morgan fingerprint density at radius 1 is 1.47 bits per heavy atom. The van der Waals surface area contributed by atoms with Crippen molar-refractivity contribution in [2.75, 3.05) is 19.6 Å². The van der Waals surface area contributed by atoms with Gasteiger partial charge in [-0.05, 0) is 66.7 Å². The molecule has 2 nitrogen and oxygen atoms in total. The van der Waals surface area contributed by atoms with E-state index in [9.17, 15) is 0 Å². The molecule has 0 radical (unpaired) electrons. The van der Waals surface area contributed by atoms with Gasteiger partial charge < -0.3 is 5.32 Å². The summed E-state index contributed by atoms with van der Waals surface area (Å²) in [6, 6.07) is 3.12. The Bertz CT molecular complexity index is 354. The van der Waals surface area contributed by atoms with Crippen LogP contribution in [0.2, 0.25) is 0 Å². The predicted molar refractivity (Wildman–Crippen MR) is 73.3 cm³/mol. The van der Waals surface area contributed by atoms with Crippen LogP contribution in [0.3, 0.4) is 0 Å². The number of nitrogens with zero attached hydrogens (tertiary/aromatic N) is 1. The first kappa shape index (κ1) is 11.7. The van der Waals surface area contributed by atoms with Crippen molar-refractivity contribution in [1.29, 1.82) is 0 Å². The molecule has 1 saturated heterocycles. The number of hydrogen-bond donors (Lipinski definition) is 1. The van der Waals surface area contributed by atoms with Crippen molar-refractivity contribution in [3.8, 4) is 0 Å². The largest absolute Gasteiger partial charge is 0.317 e. The third-order valence-corrected chi connectivity index (χ3v) is 5.29. The molecule has 17 heavy (non-hydrogen) atoms. The molecule has 1 saturated carbocycles. The molecule has 1 atom stereocenters. The highest BCUT2D eigenvalue weighted by atomic mass is 32.1. The first-order valence-corrected chi connectivity index (χ1v) is 7.74. The maximum atomic E-state index is 3.49. The van der Waals surface area contributed by atoms with Crippen LogP contribution in [0.5, 0.6) is 0 Å². The van der Waals surface area contributed by atoms with Gasteiger partial charge in [-0.15, -0.1) is 0 Å². The minimum absolute atomic E-state index is 0.678. The van der Waals surface area contributed by atoms with Crippen molar-refractivity contribution in [2.45, 2.75) is 38.8 Å².